The number of hydrogen-bond acceptors (Lipinski definition) is 3. The van der Waals surface area contributed by atoms with Gasteiger partial charge in [-0.1, -0.05) is 26.0 Å². The van der Waals surface area contributed by atoms with Gasteiger partial charge in [0.25, 0.3) is 5.56 Å². The Morgan fingerprint density at radius 3 is 2.84 bits per heavy atom. The molecule has 1 aromatic carbocycles. The van der Waals surface area contributed by atoms with Crippen molar-refractivity contribution in [1.29, 1.82) is 0 Å². The first kappa shape index (κ1) is 17.6. The van der Waals surface area contributed by atoms with Crippen molar-refractivity contribution >= 4 is 16.8 Å². The average molecular weight is 341 g/mol. The smallest absolute Gasteiger partial charge is 0.261 e. The highest BCUT2D eigenvalue weighted by atomic mass is 16.2. The Morgan fingerprint density at radius 1 is 1.32 bits per heavy atom. The van der Waals surface area contributed by atoms with Crippen LogP contribution in [0, 0.1) is 12.8 Å². The first-order valence-electron chi connectivity index (χ1n) is 9.24. The number of fused-ring (bicyclic) bond motifs is 1. The minimum Gasteiger partial charge on any atom is -0.339 e. The molecule has 1 aromatic heterocycles. The summed E-state index contributed by atoms with van der Waals surface area (Å²) in [4.78, 5) is 31.8. The van der Waals surface area contributed by atoms with Crippen LogP contribution in [0.1, 0.15) is 45.4 Å². The molecule has 0 N–H and O–H groups in total. The van der Waals surface area contributed by atoms with Gasteiger partial charge in [-0.15, -0.1) is 0 Å². The van der Waals surface area contributed by atoms with Crippen LogP contribution in [0.15, 0.2) is 29.1 Å². The number of benzene rings is 1. The lowest BCUT2D eigenvalue weighted by Crippen LogP contribution is -2.38. The van der Waals surface area contributed by atoms with Gasteiger partial charge in [-0.3, -0.25) is 14.2 Å². The number of aryl methyl sites for hydroxylation is 1. The molecular weight excluding hydrogens is 314 g/mol. The maximum atomic E-state index is 12.7. The Morgan fingerprint density at radius 2 is 2.08 bits per heavy atom. The maximum Gasteiger partial charge on any atom is 0.261 e. The Labute approximate surface area is 148 Å². The Kier molecular flexibility index (Phi) is 5.21. The van der Waals surface area contributed by atoms with E-state index in [0.29, 0.717) is 42.6 Å². The molecule has 0 bridgehead atoms. The van der Waals surface area contributed by atoms with Gasteiger partial charge in [0.05, 0.1) is 10.9 Å². The van der Waals surface area contributed by atoms with Crippen LogP contribution in [-0.4, -0.2) is 32.9 Å². The third-order valence-corrected chi connectivity index (χ3v) is 5.21. The van der Waals surface area contributed by atoms with E-state index in [1.165, 1.54) is 0 Å². The van der Waals surface area contributed by atoms with E-state index >= 15 is 0 Å². The molecule has 0 radical (unpaired) electrons. The lowest BCUT2D eigenvalue weighted by Gasteiger charge is -2.27. The molecule has 1 aliphatic rings. The SMILES string of the molecule is Cc1nc2ccccc2c(=O)n1CCCC(=O)N1CCC[C@H]1C(C)C. The molecular formula is C20H27N3O2. The number of aromatic nitrogens is 2. The van der Waals surface area contributed by atoms with Crippen LogP contribution in [0.5, 0.6) is 0 Å². The van der Waals surface area contributed by atoms with Crippen molar-refractivity contribution in [2.45, 2.75) is 59.0 Å². The molecule has 1 saturated heterocycles. The van der Waals surface area contributed by atoms with Crippen molar-refractivity contribution in [3.8, 4) is 0 Å². The van der Waals surface area contributed by atoms with Gasteiger partial charge in [0.2, 0.25) is 5.91 Å². The van der Waals surface area contributed by atoms with Crippen LogP contribution < -0.4 is 5.56 Å². The monoisotopic (exact) mass is 341 g/mol. The quantitative estimate of drug-likeness (QED) is 0.839. The van der Waals surface area contributed by atoms with Crippen molar-refractivity contribution in [3.05, 3.63) is 40.4 Å². The zero-order valence-corrected chi connectivity index (χ0v) is 15.4. The summed E-state index contributed by atoms with van der Waals surface area (Å²) in [6.45, 7) is 7.62. The van der Waals surface area contributed by atoms with Gasteiger partial charge in [-0.05, 0) is 44.2 Å². The second kappa shape index (κ2) is 7.38. The molecule has 5 nitrogen and oxygen atoms in total. The zero-order chi connectivity index (χ0) is 18.0. The highest BCUT2D eigenvalue weighted by molar-refractivity contribution is 5.77. The van der Waals surface area contributed by atoms with Crippen LogP contribution in [0.25, 0.3) is 10.9 Å². The fraction of sp³-hybridized carbons (Fsp3) is 0.550. The number of carbonyl (C=O) groups excluding carboxylic acids is 1. The number of likely N-dealkylation sites (tertiary alicyclic amines) is 1. The van der Waals surface area contributed by atoms with Gasteiger partial charge in [0.1, 0.15) is 5.82 Å². The first-order chi connectivity index (χ1) is 12.0. The van der Waals surface area contributed by atoms with E-state index < -0.39 is 0 Å². The van der Waals surface area contributed by atoms with Gasteiger partial charge in [0.15, 0.2) is 0 Å². The summed E-state index contributed by atoms with van der Waals surface area (Å²) in [6, 6.07) is 7.78. The second-order valence-corrected chi connectivity index (χ2v) is 7.28. The van der Waals surface area contributed by atoms with Crippen LogP contribution in [0.2, 0.25) is 0 Å². The van der Waals surface area contributed by atoms with Gasteiger partial charge in [-0.2, -0.15) is 0 Å². The summed E-state index contributed by atoms with van der Waals surface area (Å²) >= 11 is 0. The summed E-state index contributed by atoms with van der Waals surface area (Å²) in [5.74, 6) is 1.43. The summed E-state index contributed by atoms with van der Waals surface area (Å²) in [7, 11) is 0. The van der Waals surface area contributed by atoms with E-state index in [0.717, 1.165) is 24.9 Å². The molecule has 5 heteroatoms. The van der Waals surface area contributed by atoms with Crippen molar-refractivity contribution in [2.24, 2.45) is 5.92 Å². The molecule has 0 unspecified atom stereocenters. The van der Waals surface area contributed by atoms with E-state index in [1.807, 2.05) is 36.1 Å². The molecule has 1 amide bonds. The van der Waals surface area contributed by atoms with Gasteiger partial charge < -0.3 is 4.90 Å². The third kappa shape index (κ3) is 3.60. The number of carbonyl (C=O) groups is 1. The number of rotatable bonds is 5. The lowest BCUT2D eigenvalue weighted by atomic mass is 10.0. The van der Waals surface area contributed by atoms with Gasteiger partial charge in [0, 0.05) is 25.6 Å². The predicted molar refractivity (Wildman–Crippen MR) is 99.5 cm³/mol. The normalized spacial score (nSPS) is 17.6. The molecule has 0 aliphatic carbocycles. The Hall–Kier alpha value is -2.17. The van der Waals surface area contributed by atoms with Crippen molar-refractivity contribution < 1.29 is 4.79 Å². The molecule has 25 heavy (non-hydrogen) atoms. The topological polar surface area (TPSA) is 55.2 Å². The highest BCUT2D eigenvalue weighted by Crippen LogP contribution is 2.24. The molecule has 2 heterocycles. The van der Waals surface area contributed by atoms with Crippen LogP contribution >= 0.6 is 0 Å². The summed E-state index contributed by atoms with van der Waals surface area (Å²) in [5, 5.41) is 0.638. The van der Waals surface area contributed by atoms with Crippen molar-refractivity contribution in [2.75, 3.05) is 6.54 Å². The lowest BCUT2D eigenvalue weighted by molar-refractivity contribution is -0.132. The molecule has 3 rings (SSSR count). The van der Waals surface area contributed by atoms with Crippen molar-refractivity contribution in [1.82, 2.24) is 14.5 Å². The van der Waals surface area contributed by atoms with Crippen LogP contribution in [0.3, 0.4) is 0 Å². The van der Waals surface area contributed by atoms with Crippen LogP contribution in [-0.2, 0) is 11.3 Å². The fourth-order valence-corrected chi connectivity index (χ4v) is 3.87. The fourth-order valence-electron chi connectivity index (χ4n) is 3.87. The van der Waals surface area contributed by atoms with E-state index in [4.69, 9.17) is 0 Å². The largest absolute Gasteiger partial charge is 0.339 e. The minimum absolute atomic E-state index is 0.0169. The minimum atomic E-state index is -0.0169. The molecule has 1 fully saturated rings. The van der Waals surface area contributed by atoms with E-state index in [1.54, 1.807) is 4.57 Å². The van der Waals surface area contributed by atoms with E-state index in [2.05, 4.69) is 18.8 Å². The molecule has 1 aliphatic heterocycles. The summed E-state index contributed by atoms with van der Waals surface area (Å²) in [5.41, 5.74) is 0.714. The summed E-state index contributed by atoms with van der Waals surface area (Å²) < 4.78 is 1.69. The molecule has 1 atom stereocenters. The average Bonchev–Trinajstić information content (AvgIpc) is 3.08. The summed E-state index contributed by atoms with van der Waals surface area (Å²) in [6.07, 6.45) is 3.36. The first-order valence-corrected chi connectivity index (χ1v) is 9.24. The standard InChI is InChI=1S/C20H27N3O2/c1-14(2)18-10-6-13-23(18)19(24)11-7-12-22-15(3)21-17-9-5-4-8-16(17)20(22)25/h4-5,8-9,14,18H,6-7,10-13H2,1-3H3/t18-/m0/s1. The van der Waals surface area contributed by atoms with Gasteiger partial charge >= 0.3 is 0 Å². The van der Waals surface area contributed by atoms with Crippen molar-refractivity contribution in [3.63, 3.8) is 0 Å². The number of amides is 1. The highest BCUT2D eigenvalue weighted by Gasteiger charge is 2.30. The van der Waals surface area contributed by atoms with E-state index in [-0.39, 0.29) is 11.5 Å². The zero-order valence-electron chi connectivity index (χ0n) is 15.4. The second-order valence-electron chi connectivity index (χ2n) is 7.28. The van der Waals surface area contributed by atoms with E-state index in [9.17, 15) is 9.59 Å². The molecule has 0 spiro atoms. The number of nitrogens with zero attached hydrogens (tertiary/aromatic N) is 3. The Balaban J connectivity index is 1.67. The predicted octanol–water partition coefficient (Wildman–Crippen LogP) is 3.13. The van der Waals surface area contributed by atoms with Gasteiger partial charge in [-0.25, -0.2) is 4.98 Å². The number of hydrogen-bond donors (Lipinski definition) is 0. The van der Waals surface area contributed by atoms with Crippen LogP contribution in [0.4, 0.5) is 0 Å². The molecule has 134 valence electrons. The third-order valence-electron chi connectivity index (χ3n) is 5.21. The Bertz CT molecular complexity index is 825. The molecule has 0 saturated carbocycles. The molecule has 2 aromatic rings. The number of para-hydroxylation sites is 1. The maximum absolute atomic E-state index is 12.7.